The van der Waals surface area contributed by atoms with Crippen LogP contribution in [0.3, 0.4) is 0 Å². The van der Waals surface area contributed by atoms with Crippen LogP contribution in [-0.4, -0.2) is 70.0 Å². The molecule has 264 valence electrons. The molecule has 2 aromatic heterocycles. The van der Waals surface area contributed by atoms with Crippen LogP contribution < -0.4 is 14.4 Å². The fraction of sp³-hybridized carbons (Fsp3) is 0.528. The van der Waals surface area contributed by atoms with Gasteiger partial charge in [-0.05, 0) is 69.5 Å². The lowest BCUT2D eigenvalue weighted by Crippen LogP contribution is -2.51. The number of nitrogens with zero attached hydrogens (tertiary/aromatic N) is 5. The molecular formula is C36H36ClF4N5O3S. The Kier molecular flexibility index (Phi) is 8.33. The smallest absolute Gasteiger partial charge is 0.319 e. The Morgan fingerprint density at radius 3 is 2.78 bits per heavy atom. The Hall–Kier alpha value is -3.44. The summed E-state index contributed by atoms with van der Waals surface area (Å²) in [6.07, 6.45) is 2.41. The summed E-state index contributed by atoms with van der Waals surface area (Å²) in [5.74, 6) is -0.840. The lowest BCUT2D eigenvalue weighted by atomic mass is 9.88. The van der Waals surface area contributed by atoms with Crippen molar-refractivity contribution in [3.8, 4) is 29.0 Å². The molecule has 0 radical (unpaired) electrons. The molecule has 2 aromatic carbocycles. The highest BCUT2D eigenvalue weighted by molar-refractivity contribution is 7.19. The molecule has 6 heterocycles. The van der Waals surface area contributed by atoms with Crippen LogP contribution in [0.5, 0.6) is 11.8 Å². The summed E-state index contributed by atoms with van der Waals surface area (Å²) in [6.45, 7) is 6.91. The molecule has 2 unspecified atom stereocenters. The third-order valence-corrected chi connectivity index (χ3v) is 12.7. The highest BCUT2D eigenvalue weighted by Gasteiger charge is 2.48. The number of fused-ring (bicyclic) bond motifs is 4. The van der Waals surface area contributed by atoms with Gasteiger partial charge in [-0.2, -0.15) is 15.2 Å². The molecule has 8 rings (SSSR count). The second-order valence-corrected chi connectivity index (χ2v) is 15.9. The van der Waals surface area contributed by atoms with Crippen molar-refractivity contribution in [3.05, 3.63) is 39.2 Å². The third kappa shape index (κ3) is 5.20. The van der Waals surface area contributed by atoms with E-state index in [2.05, 4.69) is 16.8 Å². The predicted octanol–water partition coefficient (Wildman–Crippen LogP) is 8.40. The molecule has 3 fully saturated rings. The van der Waals surface area contributed by atoms with Crippen LogP contribution in [0.15, 0.2) is 12.1 Å². The van der Waals surface area contributed by atoms with Gasteiger partial charge in [-0.3, -0.25) is 4.90 Å². The molecular weight excluding hydrogens is 694 g/mol. The fourth-order valence-electron chi connectivity index (χ4n) is 8.98. The number of aromatic nitrogens is 2. The second-order valence-electron chi connectivity index (χ2n) is 14.5. The van der Waals surface area contributed by atoms with E-state index in [1.807, 2.05) is 4.90 Å². The highest BCUT2D eigenvalue weighted by Crippen LogP contribution is 2.52. The Bertz CT molecular complexity index is 2070. The molecule has 50 heavy (non-hydrogen) atoms. The maximum Gasteiger partial charge on any atom is 0.319 e. The summed E-state index contributed by atoms with van der Waals surface area (Å²) in [5, 5.41) is 21.5. The predicted molar refractivity (Wildman–Crippen MR) is 183 cm³/mol. The summed E-state index contributed by atoms with van der Waals surface area (Å²) < 4.78 is 73.1. The summed E-state index contributed by atoms with van der Waals surface area (Å²) in [5.41, 5.74) is -2.19. The van der Waals surface area contributed by atoms with E-state index in [0.29, 0.717) is 49.1 Å². The average molecular weight is 730 g/mol. The molecule has 4 atom stereocenters. The minimum absolute atomic E-state index is 0.0361. The first kappa shape index (κ1) is 33.7. The molecule has 4 aliphatic heterocycles. The van der Waals surface area contributed by atoms with Crippen LogP contribution in [0.1, 0.15) is 75.7 Å². The number of ether oxygens (including phenoxy) is 2. The number of nitriles is 1. The van der Waals surface area contributed by atoms with Crippen molar-refractivity contribution < 1.29 is 32.1 Å². The molecule has 3 saturated heterocycles. The first-order chi connectivity index (χ1) is 23.9. The van der Waals surface area contributed by atoms with E-state index < -0.39 is 40.1 Å². The molecule has 1 N–H and O–H groups in total. The maximum atomic E-state index is 17.4. The monoisotopic (exact) mass is 729 g/mol. The summed E-state index contributed by atoms with van der Waals surface area (Å²) >= 11 is 7.50. The quantitative estimate of drug-likeness (QED) is 0.205. The first-order valence-electron chi connectivity index (χ1n) is 17.1. The molecule has 0 spiro atoms. The summed E-state index contributed by atoms with van der Waals surface area (Å²) in [7, 11) is 0. The Morgan fingerprint density at radius 1 is 1.18 bits per heavy atom. The van der Waals surface area contributed by atoms with Gasteiger partial charge >= 0.3 is 6.01 Å². The first-order valence-corrected chi connectivity index (χ1v) is 18.3. The second kappa shape index (κ2) is 12.4. The van der Waals surface area contributed by atoms with Gasteiger partial charge in [0.15, 0.2) is 11.6 Å². The Morgan fingerprint density at radius 2 is 2.00 bits per heavy atom. The zero-order valence-electron chi connectivity index (χ0n) is 27.7. The largest absolute Gasteiger partial charge is 0.491 e. The van der Waals surface area contributed by atoms with Crippen LogP contribution >= 0.6 is 22.9 Å². The number of rotatable bonds is 5. The van der Waals surface area contributed by atoms with Gasteiger partial charge in [0.2, 0.25) is 0 Å². The number of halogens is 5. The topological polar surface area (TPSA) is 94.7 Å². The zero-order valence-corrected chi connectivity index (χ0v) is 29.2. The number of benzene rings is 2. The molecule has 0 saturated carbocycles. The van der Waals surface area contributed by atoms with Gasteiger partial charge in [-0.25, -0.2) is 17.6 Å². The van der Waals surface area contributed by atoms with Crippen LogP contribution in [0.4, 0.5) is 23.4 Å². The lowest BCUT2D eigenvalue weighted by molar-refractivity contribution is 0.0184. The molecule has 8 nitrogen and oxygen atoms in total. The molecule has 0 bridgehead atoms. The third-order valence-electron chi connectivity index (χ3n) is 11.1. The van der Waals surface area contributed by atoms with Crippen LogP contribution in [-0.2, 0) is 0 Å². The number of hydrogen-bond donors (Lipinski definition) is 1. The van der Waals surface area contributed by atoms with Gasteiger partial charge in [0.1, 0.15) is 29.8 Å². The van der Waals surface area contributed by atoms with E-state index in [-0.39, 0.29) is 61.0 Å². The van der Waals surface area contributed by atoms with Gasteiger partial charge in [-0.15, -0.1) is 11.3 Å². The van der Waals surface area contributed by atoms with Gasteiger partial charge in [0.05, 0.1) is 49.3 Å². The minimum atomic E-state index is -3.05. The minimum Gasteiger partial charge on any atom is -0.491 e. The van der Waals surface area contributed by atoms with E-state index in [0.717, 1.165) is 51.3 Å². The average Bonchev–Trinajstić information content (AvgIpc) is 3.71. The summed E-state index contributed by atoms with van der Waals surface area (Å²) in [4.78, 5) is 13.3. The normalized spacial score (nSPS) is 26.8. The lowest BCUT2D eigenvalue weighted by Gasteiger charge is -2.41. The van der Waals surface area contributed by atoms with Crippen molar-refractivity contribution in [3.63, 3.8) is 0 Å². The van der Waals surface area contributed by atoms with Crippen LogP contribution in [0.25, 0.3) is 32.1 Å². The van der Waals surface area contributed by atoms with E-state index in [4.69, 9.17) is 26.1 Å². The SMILES string of the molecule is C[C@H]1CN2CCC[C@@]2(COc2nc3c4c(c(Cl)c(-c5ccc(F)c6sc(C(F)F)c(C#N)c56)c(F)c4n2)OCCC2N3CCCCC2(C)O)C1. The summed E-state index contributed by atoms with van der Waals surface area (Å²) in [6, 6.07) is 3.61. The number of aliphatic hydroxyl groups is 1. The van der Waals surface area contributed by atoms with E-state index in [9.17, 15) is 19.1 Å². The standard InChI is InChI=1S/C36H36ClF4N5O3S/c1-18-14-36(10-5-11-45(36)16-18)17-49-34-43-28-25-29(48-13-8-22-35(2,47)9-3-4-12-46(22)33(25)44-34)26(37)24(27(28)39)19-6-7-21(38)31-23(19)20(15-42)30(50-31)32(40)41/h6-7,18,22,32,47H,3-5,8-14,16-17H2,1-2H3/t18-,22?,35?,36+/m1/s1. The number of hydrogen-bond acceptors (Lipinski definition) is 9. The van der Waals surface area contributed by atoms with E-state index >= 15 is 8.78 Å². The van der Waals surface area contributed by atoms with Crippen molar-refractivity contribution in [2.45, 2.75) is 82.4 Å². The fourth-order valence-corrected chi connectivity index (χ4v) is 10.4. The molecule has 0 aliphatic carbocycles. The molecule has 0 amide bonds. The number of alkyl halides is 2. The molecule has 14 heteroatoms. The van der Waals surface area contributed by atoms with Gasteiger partial charge in [-0.1, -0.05) is 24.6 Å². The zero-order chi connectivity index (χ0) is 35.1. The Balaban J connectivity index is 1.38. The number of anilines is 1. The van der Waals surface area contributed by atoms with Crippen LogP contribution in [0.2, 0.25) is 5.02 Å². The van der Waals surface area contributed by atoms with Gasteiger partial charge < -0.3 is 19.5 Å². The van der Waals surface area contributed by atoms with Crippen molar-refractivity contribution in [2.75, 3.05) is 37.7 Å². The van der Waals surface area contributed by atoms with E-state index in [1.54, 1.807) is 13.0 Å². The molecule has 4 aromatic rings. The van der Waals surface area contributed by atoms with Gasteiger partial charge in [0, 0.05) is 30.5 Å². The van der Waals surface area contributed by atoms with Crippen molar-refractivity contribution >= 4 is 49.7 Å². The number of thiophene rings is 1. The molecule has 4 aliphatic rings. The van der Waals surface area contributed by atoms with Crippen molar-refractivity contribution in [1.82, 2.24) is 14.9 Å². The highest BCUT2D eigenvalue weighted by atomic mass is 35.5. The Labute approximate surface area is 295 Å². The van der Waals surface area contributed by atoms with Crippen LogP contribution in [0, 0.1) is 28.9 Å². The van der Waals surface area contributed by atoms with Crippen molar-refractivity contribution in [2.24, 2.45) is 5.92 Å². The van der Waals surface area contributed by atoms with Crippen molar-refractivity contribution in [1.29, 1.82) is 5.26 Å². The van der Waals surface area contributed by atoms with E-state index in [1.165, 1.54) is 6.07 Å². The van der Waals surface area contributed by atoms with Gasteiger partial charge in [0.25, 0.3) is 6.43 Å². The maximum absolute atomic E-state index is 17.4.